The van der Waals surface area contributed by atoms with Gasteiger partial charge in [0.15, 0.2) is 0 Å². The molecule has 0 amide bonds. The van der Waals surface area contributed by atoms with Crippen LogP contribution in [0.15, 0.2) is 47.5 Å². The summed E-state index contributed by atoms with van der Waals surface area (Å²) in [5.74, 6) is -0.355. The maximum atomic E-state index is 9.32. The van der Waals surface area contributed by atoms with E-state index in [1.54, 1.807) is 12.3 Å². The van der Waals surface area contributed by atoms with Crippen molar-refractivity contribution in [3.63, 3.8) is 0 Å². The van der Waals surface area contributed by atoms with Gasteiger partial charge in [0.2, 0.25) is 0 Å². The normalized spacial score (nSPS) is 12.1. The zero-order valence-corrected chi connectivity index (χ0v) is 11.8. The first-order valence-electron chi connectivity index (χ1n) is 6.14. The molecule has 0 spiro atoms. The van der Waals surface area contributed by atoms with Crippen molar-refractivity contribution in [2.75, 3.05) is 0 Å². The summed E-state index contributed by atoms with van der Waals surface area (Å²) < 4.78 is 0. The van der Waals surface area contributed by atoms with E-state index in [9.17, 15) is 5.26 Å². The van der Waals surface area contributed by atoms with E-state index >= 15 is 0 Å². The Bertz CT molecular complexity index is 558. The first kappa shape index (κ1) is 13.6. The van der Waals surface area contributed by atoms with Crippen molar-refractivity contribution in [1.82, 2.24) is 10.2 Å². The van der Waals surface area contributed by atoms with Crippen LogP contribution in [0.5, 0.6) is 0 Å². The summed E-state index contributed by atoms with van der Waals surface area (Å²) in [7, 11) is 0. The molecule has 0 saturated carbocycles. The van der Waals surface area contributed by atoms with E-state index in [2.05, 4.69) is 42.2 Å². The Labute approximate surface area is 117 Å². The highest BCUT2D eigenvalue weighted by Crippen LogP contribution is 2.27. The number of hydrogen-bond donors (Lipinski definition) is 0. The van der Waals surface area contributed by atoms with Gasteiger partial charge in [-0.05, 0) is 29.8 Å². The monoisotopic (exact) mass is 269 g/mol. The summed E-state index contributed by atoms with van der Waals surface area (Å²) >= 11 is 1.81. The Morgan fingerprint density at radius 2 is 1.89 bits per heavy atom. The van der Waals surface area contributed by atoms with Crippen LogP contribution >= 0.6 is 11.8 Å². The van der Waals surface area contributed by atoms with Crippen molar-refractivity contribution in [1.29, 1.82) is 5.26 Å². The topological polar surface area (TPSA) is 49.6 Å². The highest BCUT2D eigenvalue weighted by molar-refractivity contribution is 7.99. The molecule has 1 atom stereocenters. The quantitative estimate of drug-likeness (QED) is 0.795. The highest BCUT2D eigenvalue weighted by Gasteiger charge is 2.14. The number of nitriles is 1. The summed E-state index contributed by atoms with van der Waals surface area (Å²) in [5, 5.41) is 17.7. The number of hydrogen-bond acceptors (Lipinski definition) is 4. The Morgan fingerprint density at radius 3 is 2.42 bits per heavy atom. The van der Waals surface area contributed by atoms with E-state index < -0.39 is 0 Å². The Balaban J connectivity index is 2.23. The lowest BCUT2D eigenvalue weighted by molar-refractivity contribution is 0.883. The molecule has 0 N–H and O–H groups in total. The van der Waals surface area contributed by atoms with Gasteiger partial charge in [-0.1, -0.05) is 26.0 Å². The van der Waals surface area contributed by atoms with Crippen LogP contribution in [0.1, 0.15) is 31.0 Å². The molecule has 0 saturated heterocycles. The fourth-order valence-electron chi connectivity index (χ4n) is 1.79. The van der Waals surface area contributed by atoms with E-state index in [1.807, 2.05) is 30.0 Å². The zero-order valence-electron chi connectivity index (χ0n) is 10.9. The molecule has 1 heterocycles. The second-order valence-electron chi connectivity index (χ2n) is 4.45. The van der Waals surface area contributed by atoms with Crippen LogP contribution in [0.4, 0.5) is 0 Å². The average molecular weight is 269 g/mol. The predicted octanol–water partition coefficient (Wildman–Crippen LogP) is 3.63. The van der Waals surface area contributed by atoms with Gasteiger partial charge in [0, 0.05) is 16.3 Å². The molecular formula is C15H15N3S. The summed E-state index contributed by atoms with van der Waals surface area (Å²) in [4.78, 5) is 1.22. The first-order chi connectivity index (χ1) is 9.20. The molecule has 2 rings (SSSR count). The number of rotatable bonds is 4. The maximum Gasteiger partial charge on any atom is 0.115 e. The number of benzene rings is 1. The van der Waals surface area contributed by atoms with Crippen molar-refractivity contribution in [2.24, 2.45) is 0 Å². The number of thioether (sulfide) groups is 1. The van der Waals surface area contributed by atoms with Crippen LogP contribution < -0.4 is 0 Å². The first-order valence-corrected chi connectivity index (χ1v) is 7.02. The maximum absolute atomic E-state index is 9.32. The molecule has 96 valence electrons. The number of aromatic nitrogens is 2. The third kappa shape index (κ3) is 3.55. The molecule has 0 aliphatic rings. The fraction of sp³-hybridized carbons (Fsp3) is 0.267. The zero-order chi connectivity index (χ0) is 13.7. The van der Waals surface area contributed by atoms with Gasteiger partial charge in [-0.3, -0.25) is 0 Å². The smallest absolute Gasteiger partial charge is 0.115 e. The molecule has 3 nitrogen and oxygen atoms in total. The molecule has 0 radical (unpaired) electrons. The van der Waals surface area contributed by atoms with Gasteiger partial charge in [-0.25, -0.2) is 0 Å². The van der Waals surface area contributed by atoms with Crippen molar-refractivity contribution >= 4 is 11.8 Å². The van der Waals surface area contributed by atoms with Gasteiger partial charge in [0.1, 0.15) is 5.92 Å². The summed E-state index contributed by atoms with van der Waals surface area (Å²) in [6, 6.07) is 14.0. The SMILES string of the molecule is CC(C)Sc1ccc(C(C#N)c2cccnn2)cc1. The summed E-state index contributed by atoms with van der Waals surface area (Å²) in [5.41, 5.74) is 1.64. The van der Waals surface area contributed by atoms with Crippen molar-refractivity contribution in [3.8, 4) is 6.07 Å². The van der Waals surface area contributed by atoms with E-state index in [-0.39, 0.29) is 5.92 Å². The standard InChI is InChI=1S/C15H15N3S/c1-11(2)19-13-7-5-12(6-8-13)14(10-16)15-4-3-9-17-18-15/h3-9,11,14H,1-2H3. The molecule has 0 bridgehead atoms. The van der Waals surface area contributed by atoms with Crippen LogP contribution in [-0.2, 0) is 0 Å². The highest BCUT2D eigenvalue weighted by atomic mass is 32.2. The lowest BCUT2D eigenvalue weighted by Gasteiger charge is -2.10. The molecule has 4 heteroatoms. The lowest BCUT2D eigenvalue weighted by Crippen LogP contribution is -2.01. The van der Waals surface area contributed by atoms with Gasteiger partial charge < -0.3 is 0 Å². The lowest BCUT2D eigenvalue weighted by atomic mass is 9.97. The summed E-state index contributed by atoms with van der Waals surface area (Å²) in [6.07, 6.45) is 1.61. The minimum atomic E-state index is -0.355. The summed E-state index contributed by atoms with van der Waals surface area (Å²) in [6.45, 7) is 4.33. The van der Waals surface area contributed by atoms with Crippen LogP contribution in [0, 0.1) is 11.3 Å². The molecule has 0 fully saturated rings. The van der Waals surface area contributed by atoms with Gasteiger partial charge in [-0.15, -0.1) is 11.8 Å². The average Bonchev–Trinajstić information content (AvgIpc) is 2.42. The Morgan fingerprint density at radius 1 is 1.16 bits per heavy atom. The third-order valence-corrected chi connectivity index (χ3v) is 3.62. The molecule has 1 aromatic carbocycles. The Hall–Kier alpha value is -1.86. The predicted molar refractivity (Wildman–Crippen MR) is 76.9 cm³/mol. The van der Waals surface area contributed by atoms with E-state index in [4.69, 9.17) is 0 Å². The largest absolute Gasteiger partial charge is 0.197 e. The van der Waals surface area contributed by atoms with Gasteiger partial charge in [-0.2, -0.15) is 15.5 Å². The molecule has 19 heavy (non-hydrogen) atoms. The van der Waals surface area contributed by atoms with Gasteiger partial charge in [0.25, 0.3) is 0 Å². The molecule has 0 aliphatic heterocycles. The minimum absolute atomic E-state index is 0.355. The van der Waals surface area contributed by atoms with Crippen LogP contribution in [-0.4, -0.2) is 15.4 Å². The van der Waals surface area contributed by atoms with Crippen LogP contribution in [0.2, 0.25) is 0 Å². The second-order valence-corrected chi connectivity index (χ2v) is 6.10. The molecular weight excluding hydrogens is 254 g/mol. The number of nitrogens with zero attached hydrogens (tertiary/aromatic N) is 3. The fourth-order valence-corrected chi connectivity index (χ4v) is 2.63. The molecule has 1 aromatic heterocycles. The van der Waals surface area contributed by atoms with Crippen molar-refractivity contribution in [3.05, 3.63) is 53.9 Å². The van der Waals surface area contributed by atoms with Gasteiger partial charge in [0.05, 0.1) is 11.8 Å². The molecule has 0 aliphatic carbocycles. The molecule has 2 aromatic rings. The van der Waals surface area contributed by atoms with Crippen LogP contribution in [0.3, 0.4) is 0 Å². The van der Waals surface area contributed by atoms with Crippen LogP contribution in [0.25, 0.3) is 0 Å². The molecule has 1 unspecified atom stereocenters. The van der Waals surface area contributed by atoms with Crippen molar-refractivity contribution in [2.45, 2.75) is 29.9 Å². The van der Waals surface area contributed by atoms with Crippen molar-refractivity contribution < 1.29 is 0 Å². The minimum Gasteiger partial charge on any atom is -0.197 e. The van der Waals surface area contributed by atoms with E-state index in [1.165, 1.54) is 4.90 Å². The second kappa shape index (κ2) is 6.35. The van der Waals surface area contributed by atoms with E-state index in [0.29, 0.717) is 10.9 Å². The van der Waals surface area contributed by atoms with E-state index in [0.717, 1.165) is 5.56 Å². The third-order valence-electron chi connectivity index (χ3n) is 2.60. The van der Waals surface area contributed by atoms with Gasteiger partial charge >= 0.3 is 0 Å². The Kier molecular flexibility index (Phi) is 4.53.